The summed E-state index contributed by atoms with van der Waals surface area (Å²) in [5.41, 5.74) is 0.835. The molecular weight excluding hydrogens is 364 g/mol. The molecule has 1 atom stereocenters. The average molecular weight is 384 g/mol. The van der Waals surface area contributed by atoms with Gasteiger partial charge < -0.3 is 19.9 Å². The van der Waals surface area contributed by atoms with E-state index in [1.165, 1.54) is 11.3 Å². The molecule has 0 aliphatic rings. The Morgan fingerprint density at radius 1 is 1.30 bits per heavy atom. The van der Waals surface area contributed by atoms with E-state index < -0.39 is 6.04 Å². The lowest BCUT2D eigenvalue weighted by atomic mass is 10.1. The Balaban J connectivity index is 1.74. The summed E-state index contributed by atoms with van der Waals surface area (Å²) in [6.07, 6.45) is 3.49. The van der Waals surface area contributed by atoms with E-state index in [9.17, 15) is 9.59 Å². The molecule has 2 N–H and O–H groups in total. The number of aryl methyl sites for hydroxylation is 1. The number of rotatable bonds is 7. The first-order chi connectivity index (χ1) is 13.1. The third-order valence-corrected chi connectivity index (χ3v) is 4.87. The molecule has 0 bridgehead atoms. The molecule has 7 nitrogen and oxygen atoms in total. The van der Waals surface area contributed by atoms with Gasteiger partial charge in [0, 0.05) is 19.4 Å². The molecular formula is C19H20N4O3S. The van der Waals surface area contributed by atoms with Gasteiger partial charge in [0.05, 0.1) is 18.5 Å². The number of imidazole rings is 1. The van der Waals surface area contributed by atoms with Gasteiger partial charge in [-0.3, -0.25) is 9.59 Å². The van der Waals surface area contributed by atoms with Gasteiger partial charge in [-0.15, -0.1) is 11.3 Å². The number of benzene rings is 1. The minimum Gasteiger partial charge on any atom is -0.497 e. The summed E-state index contributed by atoms with van der Waals surface area (Å²) in [5.74, 6) is 0.791. The van der Waals surface area contributed by atoms with Crippen molar-refractivity contribution in [2.45, 2.75) is 6.04 Å². The first-order valence-corrected chi connectivity index (χ1v) is 9.18. The molecule has 1 aromatic carbocycles. The third kappa shape index (κ3) is 4.53. The number of carbonyl (C=O) groups is 2. The van der Waals surface area contributed by atoms with Crippen molar-refractivity contribution in [3.05, 3.63) is 70.4 Å². The summed E-state index contributed by atoms with van der Waals surface area (Å²) in [6, 6.07) is 10.5. The SMILES string of the molecule is COc1cccc(C(NC(=O)CNC(=O)c2cccs2)c2nccn2C)c1. The summed E-state index contributed by atoms with van der Waals surface area (Å²) in [5, 5.41) is 7.39. The molecule has 3 aromatic rings. The number of methoxy groups -OCH3 is 1. The number of aromatic nitrogens is 2. The number of carbonyl (C=O) groups excluding carboxylic acids is 2. The molecule has 0 fully saturated rings. The minimum absolute atomic E-state index is 0.123. The average Bonchev–Trinajstić information content (AvgIpc) is 3.36. The highest BCUT2D eigenvalue weighted by molar-refractivity contribution is 7.12. The van der Waals surface area contributed by atoms with Crippen LogP contribution in [-0.4, -0.2) is 35.0 Å². The molecule has 1 unspecified atom stereocenters. The zero-order chi connectivity index (χ0) is 19.2. The van der Waals surface area contributed by atoms with Crippen LogP contribution in [0, 0.1) is 0 Å². The molecule has 0 aliphatic carbocycles. The van der Waals surface area contributed by atoms with Crippen molar-refractivity contribution >= 4 is 23.2 Å². The highest BCUT2D eigenvalue weighted by Crippen LogP contribution is 2.24. The van der Waals surface area contributed by atoms with Crippen LogP contribution in [0.1, 0.15) is 27.1 Å². The van der Waals surface area contributed by atoms with E-state index in [4.69, 9.17) is 4.74 Å². The lowest BCUT2D eigenvalue weighted by Gasteiger charge is -2.20. The van der Waals surface area contributed by atoms with Crippen LogP contribution in [0.2, 0.25) is 0 Å². The van der Waals surface area contributed by atoms with E-state index in [0.29, 0.717) is 16.5 Å². The molecule has 0 saturated heterocycles. The van der Waals surface area contributed by atoms with E-state index in [-0.39, 0.29) is 18.4 Å². The second-order valence-corrected chi connectivity index (χ2v) is 6.78. The van der Waals surface area contributed by atoms with Crippen LogP contribution >= 0.6 is 11.3 Å². The Labute approximate surface area is 161 Å². The molecule has 3 rings (SSSR count). The van der Waals surface area contributed by atoms with Crippen LogP contribution < -0.4 is 15.4 Å². The van der Waals surface area contributed by atoms with Crippen molar-refractivity contribution in [2.24, 2.45) is 7.05 Å². The van der Waals surface area contributed by atoms with E-state index in [0.717, 1.165) is 5.56 Å². The molecule has 0 saturated carbocycles. The minimum atomic E-state index is -0.466. The van der Waals surface area contributed by atoms with Gasteiger partial charge in [0.15, 0.2) is 0 Å². The maximum atomic E-state index is 12.5. The summed E-state index contributed by atoms with van der Waals surface area (Å²) in [6.45, 7) is -0.123. The Kier molecular flexibility index (Phi) is 5.87. The van der Waals surface area contributed by atoms with Crippen LogP contribution in [0.4, 0.5) is 0 Å². The van der Waals surface area contributed by atoms with Gasteiger partial charge in [0.1, 0.15) is 17.6 Å². The van der Waals surface area contributed by atoms with E-state index in [1.807, 2.05) is 47.5 Å². The van der Waals surface area contributed by atoms with Gasteiger partial charge >= 0.3 is 0 Å². The molecule has 0 radical (unpaired) electrons. The Morgan fingerprint density at radius 2 is 2.15 bits per heavy atom. The molecule has 2 amide bonds. The second kappa shape index (κ2) is 8.50. The zero-order valence-corrected chi connectivity index (χ0v) is 15.8. The monoisotopic (exact) mass is 384 g/mol. The number of hydrogen-bond acceptors (Lipinski definition) is 5. The largest absolute Gasteiger partial charge is 0.497 e. The Morgan fingerprint density at radius 3 is 2.81 bits per heavy atom. The van der Waals surface area contributed by atoms with Gasteiger partial charge in [-0.1, -0.05) is 18.2 Å². The van der Waals surface area contributed by atoms with Crippen molar-refractivity contribution in [3.63, 3.8) is 0 Å². The number of ether oxygens (including phenoxy) is 1. The van der Waals surface area contributed by atoms with Gasteiger partial charge in [0.25, 0.3) is 5.91 Å². The smallest absolute Gasteiger partial charge is 0.261 e. The fourth-order valence-corrected chi connectivity index (χ4v) is 3.28. The highest BCUT2D eigenvalue weighted by Gasteiger charge is 2.21. The molecule has 27 heavy (non-hydrogen) atoms. The second-order valence-electron chi connectivity index (χ2n) is 5.83. The number of nitrogens with zero attached hydrogens (tertiary/aromatic N) is 2. The van der Waals surface area contributed by atoms with Crippen molar-refractivity contribution in [2.75, 3.05) is 13.7 Å². The molecule has 2 aromatic heterocycles. The molecule has 140 valence electrons. The van der Waals surface area contributed by atoms with Crippen LogP contribution in [0.3, 0.4) is 0 Å². The quantitative estimate of drug-likeness (QED) is 0.653. The maximum Gasteiger partial charge on any atom is 0.261 e. The normalized spacial score (nSPS) is 11.6. The van der Waals surface area contributed by atoms with Crippen LogP contribution in [0.5, 0.6) is 5.75 Å². The van der Waals surface area contributed by atoms with Gasteiger partial charge in [-0.05, 0) is 29.1 Å². The standard InChI is InChI=1S/C19H20N4O3S/c1-23-9-8-20-18(23)17(13-5-3-6-14(11-13)26-2)22-16(24)12-21-19(25)15-7-4-10-27-15/h3-11,17H,12H2,1-2H3,(H,21,25)(H,22,24). The summed E-state index contributed by atoms with van der Waals surface area (Å²) < 4.78 is 7.12. The van der Waals surface area contributed by atoms with E-state index >= 15 is 0 Å². The Bertz CT molecular complexity index is 921. The van der Waals surface area contributed by atoms with Gasteiger partial charge in [0.2, 0.25) is 5.91 Å². The van der Waals surface area contributed by atoms with Crippen molar-refractivity contribution in [1.29, 1.82) is 0 Å². The fraction of sp³-hybridized carbons (Fsp3) is 0.211. The van der Waals surface area contributed by atoms with Crippen LogP contribution in [-0.2, 0) is 11.8 Å². The lowest BCUT2D eigenvalue weighted by Crippen LogP contribution is -2.39. The summed E-state index contributed by atoms with van der Waals surface area (Å²) in [4.78, 5) is 29.4. The Hall–Kier alpha value is -3.13. The van der Waals surface area contributed by atoms with Gasteiger partial charge in [-0.2, -0.15) is 0 Å². The molecule has 0 spiro atoms. The summed E-state index contributed by atoms with van der Waals surface area (Å²) >= 11 is 1.33. The zero-order valence-electron chi connectivity index (χ0n) is 15.0. The lowest BCUT2D eigenvalue weighted by molar-refractivity contribution is -0.120. The predicted molar refractivity (Wildman–Crippen MR) is 103 cm³/mol. The first-order valence-electron chi connectivity index (χ1n) is 8.30. The van der Waals surface area contributed by atoms with Crippen molar-refractivity contribution in [1.82, 2.24) is 20.2 Å². The topological polar surface area (TPSA) is 85.2 Å². The number of amides is 2. The van der Waals surface area contributed by atoms with Crippen molar-refractivity contribution in [3.8, 4) is 5.75 Å². The summed E-state index contributed by atoms with van der Waals surface area (Å²) in [7, 11) is 3.45. The van der Waals surface area contributed by atoms with E-state index in [1.54, 1.807) is 25.4 Å². The number of thiophene rings is 1. The molecule has 8 heteroatoms. The number of nitrogens with one attached hydrogen (secondary N) is 2. The van der Waals surface area contributed by atoms with Crippen LogP contribution in [0.25, 0.3) is 0 Å². The van der Waals surface area contributed by atoms with Gasteiger partial charge in [-0.25, -0.2) is 4.98 Å². The van der Waals surface area contributed by atoms with Crippen LogP contribution in [0.15, 0.2) is 54.2 Å². The third-order valence-electron chi connectivity index (χ3n) is 4.00. The molecule has 2 heterocycles. The predicted octanol–water partition coefficient (Wildman–Crippen LogP) is 2.13. The number of hydrogen-bond donors (Lipinski definition) is 2. The van der Waals surface area contributed by atoms with E-state index in [2.05, 4.69) is 15.6 Å². The fourth-order valence-electron chi connectivity index (χ4n) is 2.64. The molecule has 0 aliphatic heterocycles. The first kappa shape index (κ1) is 18.7. The highest BCUT2D eigenvalue weighted by atomic mass is 32.1. The van der Waals surface area contributed by atoms with Crippen molar-refractivity contribution < 1.29 is 14.3 Å². The maximum absolute atomic E-state index is 12.5.